The van der Waals surface area contributed by atoms with Gasteiger partial charge in [-0.25, -0.2) is 5.43 Å². The minimum atomic E-state index is -0.978. The Hall–Kier alpha value is -3.17. The van der Waals surface area contributed by atoms with Crippen LogP contribution in [-0.2, 0) is 9.59 Å². The summed E-state index contributed by atoms with van der Waals surface area (Å²) >= 11 is 0. The maximum Gasteiger partial charge on any atom is 0.329 e. The van der Waals surface area contributed by atoms with Crippen molar-refractivity contribution in [2.45, 2.75) is 26.3 Å². The highest BCUT2D eigenvalue weighted by Gasteiger charge is 2.15. The fourth-order valence-corrected chi connectivity index (χ4v) is 1.58. The number of rotatable bonds is 6. The SMILES string of the molecule is CC[C@@H](C)NC(=O)C(=O)N/N=C\c1cc(OC)c([O-])c([N+](=O)[O-])c1. The van der Waals surface area contributed by atoms with Gasteiger partial charge in [-0.05, 0) is 19.4 Å². The zero-order valence-corrected chi connectivity index (χ0v) is 13.4. The summed E-state index contributed by atoms with van der Waals surface area (Å²) in [5, 5.41) is 28.5. The van der Waals surface area contributed by atoms with Gasteiger partial charge in [0.25, 0.3) is 5.69 Å². The summed E-state index contributed by atoms with van der Waals surface area (Å²) in [5.74, 6) is -2.92. The fourth-order valence-electron chi connectivity index (χ4n) is 1.58. The molecule has 0 aromatic heterocycles. The number of nitrogens with zero attached hydrogens (tertiary/aromatic N) is 2. The van der Waals surface area contributed by atoms with E-state index in [0.717, 1.165) is 12.3 Å². The lowest BCUT2D eigenvalue weighted by atomic mass is 10.2. The molecule has 10 heteroatoms. The number of carbonyl (C=O) groups is 2. The van der Waals surface area contributed by atoms with Crippen LogP contribution in [0.25, 0.3) is 0 Å². The highest BCUT2D eigenvalue weighted by atomic mass is 16.6. The molecule has 0 aliphatic rings. The minimum Gasteiger partial charge on any atom is -0.865 e. The molecular weight excluding hydrogens is 320 g/mol. The second-order valence-electron chi connectivity index (χ2n) is 4.81. The number of nitrogens with one attached hydrogen (secondary N) is 2. The van der Waals surface area contributed by atoms with Crippen molar-refractivity contribution < 1.29 is 24.4 Å². The van der Waals surface area contributed by atoms with Gasteiger partial charge in [-0.15, -0.1) is 0 Å². The molecule has 1 aromatic rings. The Morgan fingerprint density at radius 2 is 2.08 bits per heavy atom. The number of hydrazone groups is 1. The summed E-state index contributed by atoms with van der Waals surface area (Å²) in [7, 11) is 1.20. The lowest BCUT2D eigenvalue weighted by Crippen LogP contribution is -2.41. The largest absolute Gasteiger partial charge is 0.865 e. The van der Waals surface area contributed by atoms with Crippen LogP contribution in [0.3, 0.4) is 0 Å². The number of amides is 2. The van der Waals surface area contributed by atoms with Crippen LogP contribution in [0.1, 0.15) is 25.8 Å². The third-order valence-electron chi connectivity index (χ3n) is 3.05. The Morgan fingerprint density at radius 1 is 1.42 bits per heavy atom. The molecule has 1 aromatic carbocycles. The number of methoxy groups -OCH3 is 1. The van der Waals surface area contributed by atoms with Crippen LogP contribution in [0, 0.1) is 10.1 Å². The highest BCUT2D eigenvalue weighted by molar-refractivity contribution is 6.35. The number of benzene rings is 1. The van der Waals surface area contributed by atoms with Crippen molar-refractivity contribution in [2.24, 2.45) is 5.10 Å². The predicted octanol–water partition coefficient (Wildman–Crippen LogP) is 0.0418. The molecule has 130 valence electrons. The molecule has 10 nitrogen and oxygen atoms in total. The van der Waals surface area contributed by atoms with Gasteiger partial charge in [0, 0.05) is 23.4 Å². The van der Waals surface area contributed by atoms with E-state index in [2.05, 4.69) is 10.4 Å². The van der Waals surface area contributed by atoms with Gasteiger partial charge in [0.05, 0.1) is 18.2 Å². The molecule has 1 atom stereocenters. The summed E-state index contributed by atoms with van der Waals surface area (Å²) < 4.78 is 4.77. The highest BCUT2D eigenvalue weighted by Crippen LogP contribution is 2.33. The number of nitro benzene ring substituents is 1. The maximum atomic E-state index is 11.7. The predicted molar refractivity (Wildman–Crippen MR) is 82.7 cm³/mol. The maximum absolute atomic E-state index is 11.7. The van der Waals surface area contributed by atoms with E-state index in [0.29, 0.717) is 6.42 Å². The molecule has 1 rings (SSSR count). The lowest BCUT2D eigenvalue weighted by molar-refractivity contribution is -0.398. The molecule has 24 heavy (non-hydrogen) atoms. The topological polar surface area (TPSA) is 146 Å². The van der Waals surface area contributed by atoms with Gasteiger partial charge in [0.15, 0.2) is 0 Å². The van der Waals surface area contributed by atoms with E-state index in [9.17, 15) is 24.8 Å². The van der Waals surface area contributed by atoms with Crippen LogP contribution in [-0.4, -0.2) is 36.1 Å². The summed E-state index contributed by atoms with van der Waals surface area (Å²) in [6.07, 6.45) is 1.72. The molecule has 0 bridgehead atoms. The molecule has 0 spiro atoms. The van der Waals surface area contributed by atoms with E-state index < -0.39 is 28.2 Å². The lowest BCUT2D eigenvalue weighted by Gasteiger charge is -2.13. The van der Waals surface area contributed by atoms with Crippen LogP contribution < -0.4 is 20.6 Å². The van der Waals surface area contributed by atoms with Gasteiger partial charge in [0.2, 0.25) is 0 Å². The minimum absolute atomic E-state index is 0.154. The fraction of sp³-hybridized carbons (Fsp3) is 0.357. The third kappa shape index (κ3) is 4.93. The average molecular weight is 337 g/mol. The zero-order valence-electron chi connectivity index (χ0n) is 13.4. The average Bonchev–Trinajstić information content (AvgIpc) is 2.55. The quantitative estimate of drug-likeness (QED) is 0.324. The van der Waals surface area contributed by atoms with Gasteiger partial charge in [-0.2, -0.15) is 5.10 Å². The van der Waals surface area contributed by atoms with Crippen molar-refractivity contribution in [3.8, 4) is 11.5 Å². The first-order valence-electron chi connectivity index (χ1n) is 6.97. The second kappa shape index (κ2) is 8.46. The van der Waals surface area contributed by atoms with Crippen molar-refractivity contribution in [2.75, 3.05) is 7.11 Å². The van der Waals surface area contributed by atoms with Gasteiger partial charge in [0.1, 0.15) is 5.75 Å². The standard InChI is InChI=1S/C14H18N4O6/c1-4-8(2)16-13(20)14(21)17-15-7-9-5-10(18(22)23)12(19)11(6-9)24-3/h5-8,19H,4H2,1-3H3,(H,16,20)(H,17,21)/p-1/b15-7-/t8-/m1/s1. The summed E-state index contributed by atoms with van der Waals surface area (Å²) in [4.78, 5) is 33.0. The summed E-state index contributed by atoms with van der Waals surface area (Å²) in [5.41, 5.74) is 1.46. The molecule has 0 unspecified atom stereocenters. The van der Waals surface area contributed by atoms with Gasteiger partial charge < -0.3 is 15.2 Å². The van der Waals surface area contributed by atoms with Gasteiger partial charge in [-0.1, -0.05) is 6.92 Å². The van der Waals surface area contributed by atoms with Crippen molar-refractivity contribution in [1.82, 2.24) is 10.7 Å². The van der Waals surface area contributed by atoms with E-state index in [1.54, 1.807) is 6.92 Å². The molecule has 0 saturated carbocycles. The molecule has 0 aliphatic heterocycles. The molecule has 0 saturated heterocycles. The molecule has 0 fully saturated rings. The smallest absolute Gasteiger partial charge is 0.329 e. The van der Waals surface area contributed by atoms with Crippen LogP contribution in [0.4, 0.5) is 5.69 Å². The van der Waals surface area contributed by atoms with Crippen LogP contribution >= 0.6 is 0 Å². The number of hydrogen-bond acceptors (Lipinski definition) is 7. The molecule has 0 heterocycles. The van der Waals surface area contributed by atoms with Crippen LogP contribution in [0.5, 0.6) is 11.5 Å². The van der Waals surface area contributed by atoms with Gasteiger partial charge in [-0.3, -0.25) is 19.7 Å². The monoisotopic (exact) mass is 337 g/mol. The third-order valence-corrected chi connectivity index (χ3v) is 3.05. The number of carbonyl (C=O) groups excluding carboxylic acids is 2. The number of nitro groups is 1. The Kier molecular flexibility index (Phi) is 6.65. The van der Waals surface area contributed by atoms with Crippen molar-refractivity contribution in [1.29, 1.82) is 0 Å². The first-order chi connectivity index (χ1) is 11.3. The molecule has 0 aliphatic carbocycles. The van der Waals surface area contributed by atoms with Crippen molar-refractivity contribution in [3.05, 3.63) is 27.8 Å². The first kappa shape index (κ1) is 18.9. The van der Waals surface area contributed by atoms with Crippen LogP contribution in [0.15, 0.2) is 17.2 Å². The van der Waals surface area contributed by atoms with E-state index in [1.807, 2.05) is 12.3 Å². The molecule has 2 amide bonds. The summed E-state index contributed by atoms with van der Waals surface area (Å²) in [6, 6.07) is 2.05. The normalized spacial score (nSPS) is 11.8. The molecule has 2 N–H and O–H groups in total. The van der Waals surface area contributed by atoms with Crippen LogP contribution in [0.2, 0.25) is 0 Å². The van der Waals surface area contributed by atoms with E-state index >= 15 is 0 Å². The Morgan fingerprint density at radius 3 is 2.62 bits per heavy atom. The number of hydrogen-bond donors (Lipinski definition) is 2. The summed E-state index contributed by atoms with van der Waals surface area (Å²) in [6.45, 7) is 3.59. The van der Waals surface area contributed by atoms with E-state index in [1.165, 1.54) is 13.2 Å². The van der Waals surface area contributed by atoms with E-state index in [4.69, 9.17) is 4.74 Å². The molecule has 0 radical (unpaired) electrons. The zero-order chi connectivity index (χ0) is 18.3. The Bertz CT molecular complexity index is 673. The second-order valence-corrected chi connectivity index (χ2v) is 4.81. The van der Waals surface area contributed by atoms with Crippen molar-refractivity contribution >= 4 is 23.7 Å². The Balaban J connectivity index is 2.84. The van der Waals surface area contributed by atoms with E-state index in [-0.39, 0.29) is 17.4 Å². The number of ether oxygens (including phenoxy) is 1. The van der Waals surface area contributed by atoms with Crippen molar-refractivity contribution in [3.63, 3.8) is 0 Å². The molecular formula is C14H17N4O6-. The first-order valence-corrected chi connectivity index (χ1v) is 6.97. The Labute approximate surface area is 137 Å². The van der Waals surface area contributed by atoms with Gasteiger partial charge >= 0.3 is 11.8 Å².